The highest BCUT2D eigenvalue weighted by molar-refractivity contribution is 5.76. The number of carbonyl (C=O) groups excluding carboxylic acids is 1. The Balaban J connectivity index is 1.89. The van der Waals surface area contributed by atoms with Crippen LogP contribution in [-0.2, 0) is 14.3 Å². The highest BCUT2D eigenvalue weighted by Gasteiger charge is 2.18. The van der Waals surface area contributed by atoms with E-state index in [-0.39, 0.29) is 18.6 Å². The number of hydrogen-bond donors (Lipinski definition) is 2. The molecule has 1 amide bonds. The van der Waals surface area contributed by atoms with Crippen LogP contribution in [0.2, 0.25) is 0 Å². The van der Waals surface area contributed by atoms with Gasteiger partial charge in [0.15, 0.2) is 0 Å². The van der Waals surface area contributed by atoms with Crippen LogP contribution in [0.15, 0.2) is 0 Å². The highest BCUT2D eigenvalue weighted by atomic mass is 16.5. The topological polar surface area (TPSA) is 67.8 Å². The average Bonchev–Trinajstić information content (AvgIpc) is 2.76. The molecule has 0 aliphatic carbocycles. The molecular formula is C11H21NO4. The summed E-state index contributed by atoms with van der Waals surface area (Å²) in [5.41, 5.74) is 0. The van der Waals surface area contributed by atoms with Gasteiger partial charge in [0.2, 0.25) is 5.91 Å². The summed E-state index contributed by atoms with van der Waals surface area (Å²) in [6.45, 7) is 2.39. The summed E-state index contributed by atoms with van der Waals surface area (Å²) < 4.78 is 10.4. The number of amides is 1. The van der Waals surface area contributed by atoms with E-state index in [0.717, 1.165) is 25.9 Å². The van der Waals surface area contributed by atoms with Crippen molar-refractivity contribution in [3.63, 3.8) is 0 Å². The van der Waals surface area contributed by atoms with E-state index in [2.05, 4.69) is 5.32 Å². The molecule has 1 atom stereocenters. The summed E-state index contributed by atoms with van der Waals surface area (Å²) in [6.07, 6.45) is 3.42. The van der Waals surface area contributed by atoms with Crippen molar-refractivity contribution in [2.45, 2.75) is 31.8 Å². The smallest absolute Gasteiger partial charge is 0.222 e. The van der Waals surface area contributed by atoms with Gasteiger partial charge in [0, 0.05) is 19.8 Å². The van der Waals surface area contributed by atoms with Crippen molar-refractivity contribution in [1.82, 2.24) is 5.32 Å². The molecule has 2 N–H and O–H groups in total. The third-order valence-corrected chi connectivity index (χ3v) is 2.46. The van der Waals surface area contributed by atoms with E-state index in [1.807, 2.05) is 0 Å². The van der Waals surface area contributed by atoms with Crippen LogP contribution >= 0.6 is 0 Å². The zero-order valence-corrected chi connectivity index (χ0v) is 9.61. The van der Waals surface area contributed by atoms with Crippen molar-refractivity contribution < 1.29 is 19.4 Å². The fourth-order valence-electron chi connectivity index (χ4n) is 1.65. The minimum atomic E-state index is 0.0470. The highest BCUT2D eigenvalue weighted by Crippen LogP contribution is 2.14. The number of hydrogen-bond acceptors (Lipinski definition) is 4. The van der Waals surface area contributed by atoms with Gasteiger partial charge in [-0.2, -0.15) is 0 Å². The summed E-state index contributed by atoms with van der Waals surface area (Å²) in [6, 6.07) is 0. The Bertz CT molecular complexity index is 192. The first-order chi connectivity index (χ1) is 7.83. The maximum atomic E-state index is 11.4. The molecule has 0 bridgehead atoms. The summed E-state index contributed by atoms with van der Waals surface area (Å²) in [4.78, 5) is 11.4. The minimum absolute atomic E-state index is 0.0470. The summed E-state index contributed by atoms with van der Waals surface area (Å²) in [7, 11) is 0. The second kappa shape index (κ2) is 8.50. The lowest BCUT2D eigenvalue weighted by Crippen LogP contribution is -2.28. The van der Waals surface area contributed by atoms with Crippen LogP contribution in [0.5, 0.6) is 0 Å². The van der Waals surface area contributed by atoms with Crippen LogP contribution in [0, 0.1) is 0 Å². The lowest BCUT2D eigenvalue weighted by atomic mass is 10.2. The zero-order chi connectivity index (χ0) is 11.6. The molecule has 1 saturated heterocycles. The Hall–Kier alpha value is -0.650. The maximum Gasteiger partial charge on any atom is 0.222 e. The van der Waals surface area contributed by atoms with Crippen molar-refractivity contribution in [1.29, 1.82) is 0 Å². The van der Waals surface area contributed by atoms with Crippen LogP contribution < -0.4 is 5.32 Å². The van der Waals surface area contributed by atoms with Crippen LogP contribution in [0.4, 0.5) is 0 Å². The summed E-state index contributed by atoms with van der Waals surface area (Å²) in [5, 5.41) is 11.3. The Morgan fingerprint density at radius 1 is 1.50 bits per heavy atom. The van der Waals surface area contributed by atoms with Gasteiger partial charge in [-0.3, -0.25) is 4.79 Å². The lowest BCUT2D eigenvalue weighted by Gasteiger charge is -2.09. The molecule has 1 fully saturated rings. The Kier molecular flexibility index (Phi) is 7.12. The molecular weight excluding hydrogens is 210 g/mol. The van der Waals surface area contributed by atoms with E-state index in [0.29, 0.717) is 26.2 Å². The third kappa shape index (κ3) is 6.05. The molecule has 0 aromatic carbocycles. The van der Waals surface area contributed by atoms with Crippen molar-refractivity contribution >= 4 is 5.91 Å². The third-order valence-electron chi connectivity index (χ3n) is 2.46. The fourth-order valence-corrected chi connectivity index (χ4v) is 1.65. The van der Waals surface area contributed by atoms with Gasteiger partial charge in [0.05, 0.1) is 25.7 Å². The zero-order valence-electron chi connectivity index (χ0n) is 9.61. The van der Waals surface area contributed by atoms with Gasteiger partial charge in [-0.15, -0.1) is 0 Å². The van der Waals surface area contributed by atoms with Gasteiger partial charge in [-0.1, -0.05) is 0 Å². The molecule has 1 aliphatic heterocycles. The first-order valence-electron chi connectivity index (χ1n) is 5.90. The molecule has 1 rings (SSSR count). The second-order valence-corrected chi connectivity index (χ2v) is 3.88. The van der Waals surface area contributed by atoms with Crippen LogP contribution in [0.3, 0.4) is 0 Å². The monoisotopic (exact) mass is 231 g/mol. The van der Waals surface area contributed by atoms with E-state index < -0.39 is 0 Å². The Morgan fingerprint density at radius 2 is 2.38 bits per heavy atom. The SMILES string of the molecule is O=C(CC1CCCO1)NCCCOCCO. The molecule has 1 heterocycles. The van der Waals surface area contributed by atoms with Gasteiger partial charge in [0.25, 0.3) is 0 Å². The van der Waals surface area contributed by atoms with Crippen molar-refractivity contribution in [2.24, 2.45) is 0 Å². The van der Waals surface area contributed by atoms with Crippen molar-refractivity contribution in [3.8, 4) is 0 Å². The van der Waals surface area contributed by atoms with Gasteiger partial charge in [0.1, 0.15) is 0 Å². The predicted octanol–water partition coefficient (Wildman–Crippen LogP) is 0.0707. The lowest BCUT2D eigenvalue weighted by molar-refractivity contribution is -0.123. The first kappa shape index (κ1) is 13.4. The Morgan fingerprint density at radius 3 is 3.06 bits per heavy atom. The predicted molar refractivity (Wildman–Crippen MR) is 59.1 cm³/mol. The molecule has 5 nitrogen and oxygen atoms in total. The second-order valence-electron chi connectivity index (χ2n) is 3.88. The molecule has 0 aromatic rings. The molecule has 0 spiro atoms. The van der Waals surface area contributed by atoms with Gasteiger partial charge >= 0.3 is 0 Å². The number of ether oxygens (including phenoxy) is 2. The normalized spacial score (nSPS) is 19.9. The summed E-state index contributed by atoms with van der Waals surface area (Å²) in [5.74, 6) is 0.0501. The van der Waals surface area contributed by atoms with Gasteiger partial charge in [-0.05, 0) is 19.3 Å². The molecule has 0 radical (unpaired) electrons. The first-order valence-corrected chi connectivity index (χ1v) is 5.90. The van der Waals surface area contributed by atoms with Crippen molar-refractivity contribution in [2.75, 3.05) is 33.0 Å². The van der Waals surface area contributed by atoms with Gasteiger partial charge in [-0.25, -0.2) is 0 Å². The molecule has 94 valence electrons. The number of rotatable bonds is 8. The number of aliphatic hydroxyl groups excluding tert-OH is 1. The summed E-state index contributed by atoms with van der Waals surface area (Å²) >= 11 is 0. The van der Waals surface area contributed by atoms with Crippen LogP contribution in [0.1, 0.15) is 25.7 Å². The van der Waals surface area contributed by atoms with E-state index in [1.54, 1.807) is 0 Å². The van der Waals surface area contributed by atoms with E-state index in [1.165, 1.54) is 0 Å². The maximum absolute atomic E-state index is 11.4. The van der Waals surface area contributed by atoms with E-state index in [9.17, 15) is 4.79 Å². The minimum Gasteiger partial charge on any atom is -0.394 e. The van der Waals surface area contributed by atoms with Crippen molar-refractivity contribution in [3.05, 3.63) is 0 Å². The van der Waals surface area contributed by atoms with E-state index >= 15 is 0 Å². The molecule has 0 saturated carbocycles. The standard InChI is InChI=1S/C11H21NO4/c13-5-8-15-6-2-4-12-11(14)9-10-3-1-7-16-10/h10,13H,1-9H2,(H,12,14). The molecule has 16 heavy (non-hydrogen) atoms. The number of nitrogens with one attached hydrogen (secondary N) is 1. The quantitative estimate of drug-likeness (QED) is 0.580. The molecule has 1 aliphatic rings. The molecule has 1 unspecified atom stereocenters. The molecule has 0 aromatic heterocycles. The average molecular weight is 231 g/mol. The molecule has 5 heteroatoms. The Labute approximate surface area is 96.1 Å². The van der Waals surface area contributed by atoms with Crippen LogP contribution in [0.25, 0.3) is 0 Å². The van der Waals surface area contributed by atoms with Crippen LogP contribution in [-0.4, -0.2) is 50.1 Å². The number of aliphatic hydroxyl groups is 1. The fraction of sp³-hybridized carbons (Fsp3) is 0.909. The van der Waals surface area contributed by atoms with E-state index in [4.69, 9.17) is 14.6 Å². The largest absolute Gasteiger partial charge is 0.394 e. The van der Waals surface area contributed by atoms with Gasteiger partial charge < -0.3 is 19.9 Å². The number of carbonyl (C=O) groups is 1.